The normalized spacial score (nSPS) is 17.3. The molecule has 28 heavy (non-hydrogen) atoms. The van der Waals surface area contributed by atoms with E-state index in [0.717, 1.165) is 34.7 Å². The lowest BCUT2D eigenvalue weighted by molar-refractivity contribution is 0.101. The first-order chi connectivity index (χ1) is 13.1. The van der Waals surface area contributed by atoms with Crippen molar-refractivity contribution in [1.29, 1.82) is 0 Å². The van der Waals surface area contributed by atoms with Crippen LogP contribution in [0.1, 0.15) is 68.9 Å². The Hall–Kier alpha value is -2.61. The number of ketones is 1. The number of rotatable bonds is 2. The molecular formula is C26H28O2. The Morgan fingerprint density at radius 3 is 2.29 bits per heavy atom. The average Bonchev–Trinajstić information content (AvgIpc) is 2.64. The highest BCUT2D eigenvalue weighted by atomic mass is 16.3. The average molecular weight is 373 g/mol. The van der Waals surface area contributed by atoms with Crippen LogP contribution < -0.4 is 0 Å². The van der Waals surface area contributed by atoms with Gasteiger partial charge in [0.2, 0.25) is 0 Å². The van der Waals surface area contributed by atoms with E-state index in [9.17, 15) is 9.90 Å². The van der Waals surface area contributed by atoms with E-state index in [2.05, 4.69) is 52.0 Å². The summed E-state index contributed by atoms with van der Waals surface area (Å²) in [6.45, 7) is 10.5. The van der Waals surface area contributed by atoms with Crippen LogP contribution in [0.3, 0.4) is 0 Å². The van der Waals surface area contributed by atoms with Gasteiger partial charge in [-0.2, -0.15) is 0 Å². The first kappa shape index (κ1) is 18.7. The number of carbonyl (C=O) groups excluding carboxylic acids is 1. The second kappa shape index (κ2) is 6.20. The minimum absolute atomic E-state index is 0.0396. The molecule has 0 aliphatic heterocycles. The van der Waals surface area contributed by atoms with Crippen molar-refractivity contribution in [3.63, 3.8) is 0 Å². The number of aromatic hydroxyl groups is 1. The van der Waals surface area contributed by atoms with E-state index in [1.807, 2.05) is 24.3 Å². The Morgan fingerprint density at radius 1 is 0.929 bits per heavy atom. The monoisotopic (exact) mass is 372 g/mol. The van der Waals surface area contributed by atoms with Crippen LogP contribution in [0.2, 0.25) is 0 Å². The lowest BCUT2D eigenvalue weighted by atomic mass is 9.61. The van der Waals surface area contributed by atoms with Crippen LogP contribution in [0.4, 0.5) is 0 Å². The molecule has 3 aromatic carbocycles. The van der Waals surface area contributed by atoms with Crippen molar-refractivity contribution in [2.24, 2.45) is 0 Å². The standard InChI is InChI=1S/C26H28O2/c1-16(27)20-15-21-23(26(4,5)14-13-25(21,2)3)22(24(20)28)19-12-8-10-17-9-6-7-11-18(17)19/h6-12,15,28H,13-14H2,1-5H3. The molecule has 0 heterocycles. The van der Waals surface area contributed by atoms with Gasteiger partial charge in [-0.1, -0.05) is 70.2 Å². The molecule has 1 aliphatic rings. The first-order valence-electron chi connectivity index (χ1n) is 10.0. The van der Waals surface area contributed by atoms with Crippen molar-refractivity contribution in [3.05, 3.63) is 65.2 Å². The Kier molecular flexibility index (Phi) is 4.15. The van der Waals surface area contributed by atoms with E-state index in [1.54, 1.807) is 0 Å². The molecule has 0 spiro atoms. The Labute approximate surface area is 167 Å². The summed E-state index contributed by atoms with van der Waals surface area (Å²) in [5.41, 5.74) is 4.51. The van der Waals surface area contributed by atoms with Crippen molar-refractivity contribution < 1.29 is 9.90 Å². The van der Waals surface area contributed by atoms with E-state index < -0.39 is 0 Å². The van der Waals surface area contributed by atoms with E-state index in [4.69, 9.17) is 0 Å². The molecule has 1 aliphatic carbocycles. The van der Waals surface area contributed by atoms with Gasteiger partial charge < -0.3 is 5.11 Å². The fraction of sp³-hybridized carbons (Fsp3) is 0.346. The summed E-state index contributed by atoms with van der Waals surface area (Å²) in [5, 5.41) is 13.5. The molecule has 0 saturated carbocycles. The second-order valence-corrected chi connectivity index (χ2v) is 9.42. The highest BCUT2D eigenvalue weighted by Crippen LogP contribution is 2.53. The van der Waals surface area contributed by atoms with Crippen molar-refractivity contribution in [2.45, 2.75) is 58.3 Å². The summed E-state index contributed by atoms with van der Waals surface area (Å²) in [4.78, 5) is 12.4. The van der Waals surface area contributed by atoms with Crippen LogP contribution in [0.25, 0.3) is 21.9 Å². The number of Topliss-reactive ketones (excluding diaryl/α,β-unsaturated/α-hetero) is 1. The Morgan fingerprint density at radius 2 is 1.57 bits per heavy atom. The van der Waals surface area contributed by atoms with E-state index in [1.165, 1.54) is 18.1 Å². The Bertz CT molecular complexity index is 1100. The molecule has 2 nitrogen and oxygen atoms in total. The van der Waals surface area contributed by atoms with Gasteiger partial charge in [0, 0.05) is 5.56 Å². The lowest BCUT2D eigenvalue weighted by Gasteiger charge is -2.43. The minimum atomic E-state index is -0.0963. The molecule has 0 atom stereocenters. The summed E-state index contributed by atoms with van der Waals surface area (Å²) < 4.78 is 0. The maximum Gasteiger partial charge on any atom is 0.163 e. The van der Waals surface area contributed by atoms with Gasteiger partial charge in [-0.25, -0.2) is 0 Å². The highest BCUT2D eigenvalue weighted by molar-refractivity contribution is 6.04. The molecule has 0 bridgehead atoms. The van der Waals surface area contributed by atoms with Gasteiger partial charge in [0.25, 0.3) is 0 Å². The van der Waals surface area contributed by atoms with Crippen LogP contribution in [0, 0.1) is 0 Å². The summed E-state index contributed by atoms with van der Waals surface area (Å²) in [7, 11) is 0. The molecule has 0 radical (unpaired) electrons. The molecule has 0 saturated heterocycles. The van der Waals surface area contributed by atoms with Gasteiger partial charge in [-0.15, -0.1) is 0 Å². The molecule has 1 N–H and O–H groups in total. The van der Waals surface area contributed by atoms with Crippen molar-refractivity contribution in [1.82, 2.24) is 0 Å². The zero-order valence-electron chi connectivity index (χ0n) is 17.4. The number of benzene rings is 3. The van der Waals surface area contributed by atoms with Gasteiger partial charge in [0.15, 0.2) is 5.78 Å². The second-order valence-electron chi connectivity index (χ2n) is 9.42. The predicted molar refractivity (Wildman–Crippen MR) is 116 cm³/mol. The minimum Gasteiger partial charge on any atom is -0.507 e. The van der Waals surface area contributed by atoms with Gasteiger partial charge in [-0.3, -0.25) is 4.79 Å². The van der Waals surface area contributed by atoms with E-state index >= 15 is 0 Å². The quantitative estimate of drug-likeness (QED) is 0.504. The summed E-state index contributed by atoms with van der Waals surface area (Å²) in [6, 6.07) is 16.4. The predicted octanol–water partition coefficient (Wildman–Crippen LogP) is 6.76. The molecule has 0 aromatic heterocycles. The smallest absolute Gasteiger partial charge is 0.163 e. The van der Waals surface area contributed by atoms with E-state index in [0.29, 0.717) is 5.56 Å². The van der Waals surface area contributed by atoms with Crippen LogP contribution in [-0.4, -0.2) is 10.9 Å². The molecular weight excluding hydrogens is 344 g/mol. The number of phenols is 1. The third-order valence-corrected chi connectivity index (χ3v) is 6.52. The van der Waals surface area contributed by atoms with Crippen LogP contribution in [-0.2, 0) is 10.8 Å². The maximum atomic E-state index is 12.4. The maximum absolute atomic E-state index is 12.4. The summed E-state index contributed by atoms with van der Waals surface area (Å²) in [5.74, 6) is 0.0225. The Balaban J connectivity index is 2.21. The fourth-order valence-electron chi connectivity index (χ4n) is 4.77. The van der Waals surface area contributed by atoms with Gasteiger partial charge >= 0.3 is 0 Å². The SMILES string of the molecule is CC(=O)c1cc2c(c(-c3cccc4ccccc34)c1O)C(C)(C)CCC2(C)C. The third kappa shape index (κ3) is 2.74. The number of carbonyl (C=O) groups is 1. The van der Waals surface area contributed by atoms with E-state index in [-0.39, 0.29) is 22.4 Å². The van der Waals surface area contributed by atoms with Crippen LogP contribution in [0.15, 0.2) is 48.5 Å². The van der Waals surface area contributed by atoms with Crippen LogP contribution in [0.5, 0.6) is 5.75 Å². The zero-order chi connectivity index (χ0) is 20.3. The third-order valence-electron chi connectivity index (χ3n) is 6.52. The molecule has 0 unspecified atom stereocenters. The van der Waals surface area contributed by atoms with Crippen molar-refractivity contribution >= 4 is 16.6 Å². The number of hydrogen-bond acceptors (Lipinski definition) is 2. The van der Waals surface area contributed by atoms with Gasteiger partial charge in [-0.05, 0) is 64.1 Å². The van der Waals surface area contributed by atoms with Gasteiger partial charge in [0.05, 0.1) is 5.56 Å². The molecule has 2 heteroatoms. The molecule has 144 valence electrons. The van der Waals surface area contributed by atoms with Gasteiger partial charge in [0.1, 0.15) is 5.75 Å². The van der Waals surface area contributed by atoms with Crippen LogP contribution >= 0.6 is 0 Å². The topological polar surface area (TPSA) is 37.3 Å². The summed E-state index contributed by atoms with van der Waals surface area (Å²) >= 11 is 0. The molecule has 4 rings (SSSR count). The molecule has 0 amide bonds. The summed E-state index contributed by atoms with van der Waals surface area (Å²) in [6.07, 6.45) is 2.10. The highest BCUT2D eigenvalue weighted by Gasteiger charge is 2.41. The lowest BCUT2D eigenvalue weighted by Crippen LogP contribution is -2.35. The number of fused-ring (bicyclic) bond motifs is 2. The first-order valence-corrected chi connectivity index (χ1v) is 10.0. The molecule has 0 fully saturated rings. The molecule has 3 aromatic rings. The fourth-order valence-corrected chi connectivity index (χ4v) is 4.77. The number of phenolic OH excluding ortho intramolecular Hbond substituents is 1. The number of hydrogen-bond donors (Lipinski definition) is 1. The largest absolute Gasteiger partial charge is 0.507 e. The van der Waals surface area contributed by atoms with Crippen molar-refractivity contribution in [2.75, 3.05) is 0 Å². The van der Waals surface area contributed by atoms with Crippen molar-refractivity contribution in [3.8, 4) is 16.9 Å². The zero-order valence-corrected chi connectivity index (χ0v) is 17.4.